The summed E-state index contributed by atoms with van der Waals surface area (Å²) in [5.41, 5.74) is 1.06. The second-order valence-electron chi connectivity index (χ2n) is 7.93. The van der Waals surface area contributed by atoms with Gasteiger partial charge < -0.3 is 18.8 Å². The Morgan fingerprint density at radius 3 is 2.52 bits per heavy atom. The number of amides is 1. The second-order valence-corrected chi connectivity index (χ2v) is 7.93. The highest BCUT2D eigenvalue weighted by molar-refractivity contribution is 5.72. The molecule has 2 aliphatic heterocycles. The van der Waals surface area contributed by atoms with Crippen molar-refractivity contribution in [3.8, 4) is 6.08 Å². The molecule has 0 unspecified atom stereocenters. The van der Waals surface area contributed by atoms with Crippen LogP contribution in [0.25, 0.3) is 11.1 Å². The van der Waals surface area contributed by atoms with Crippen LogP contribution in [0.4, 0.5) is 4.79 Å². The molecule has 2 aromatic rings. The molecule has 1 aromatic carbocycles. The first-order valence-electron chi connectivity index (χ1n) is 8.92. The third-order valence-electron chi connectivity index (χ3n) is 4.84. The number of carbonyl (C=O) groups is 1. The predicted octanol–water partition coefficient (Wildman–Crippen LogP) is 4.14. The number of hydrogen-bond acceptors (Lipinski definition) is 5. The van der Waals surface area contributed by atoms with Gasteiger partial charge in [-0.3, -0.25) is 0 Å². The van der Waals surface area contributed by atoms with Crippen LogP contribution in [-0.2, 0) is 4.74 Å². The van der Waals surface area contributed by atoms with E-state index >= 15 is 0 Å². The first-order valence-corrected chi connectivity index (χ1v) is 8.92. The summed E-state index contributed by atoms with van der Waals surface area (Å²) in [5, 5.41) is 0. The number of oxazole rings is 1. The van der Waals surface area contributed by atoms with Gasteiger partial charge in [0.1, 0.15) is 17.2 Å². The predicted molar refractivity (Wildman–Crippen MR) is 92.5 cm³/mol. The van der Waals surface area contributed by atoms with Gasteiger partial charge in [0.05, 0.1) is 0 Å². The molecule has 4 rings (SSSR count). The SMILES string of the molecule is CC(C)(C)OC(=O)N1[C@@H]2CC[C@H]1C[C@@H](Oc1nc3ccccc3o1)C2. The lowest BCUT2D eigenvalue weighted by Crippen LogP contribution is -2.50. The van der Waals surface area contributed by atoms with Gasteiger partial charge in [0.2, 0.25) is 0 Å². The molecular weight excluding hydrogens is 320 g/mol. The van der Waals surface area contributed by atoms with Crippen LogP contribution >= 0.6 is 0 Å². The van der Waals surface area contributed by atoms with Crippen LogP contribution in [0.2, 0.25) is 0 Å². The number of carbonyl (C=O) groups excluding carboxylic acids is 1. The number of ether oxygens (including phenoxy) is 2. The van der Waals surface area contributed by atoms with E-state index in [1.54, 1.807) is 0 Å². The summed E-state index contributed by atoms with van der Waals surface area (Å²) >= 11 is 0. The van der Waals surface area contributed by atoms with Gasteiger partial charge in [-0.1, -0.05) is 12.1 Å². The average molecular weight is 344 g/mol. The van der Waals surface area contributed by atoms with Crippen molar-refractivity contribution in [2.45, 2.75) is 70.2 Å². The van der Waals surface area contributed by atoms with Crippen molar-refractivity contribution >= 4 is 17.2 Å². The Hall–Kier alpha value is -2.24. The van der Waals surface area contributed by atoms with E-state index in [2.05, 4.69) is 4.98 Å². The number of piperidine rings is 1. The molecule has 25 heavy (non-hydrogen) atoms. The Morgan fingerprint density at radius 1 is 1.20 bits per heavy atom. The molecule has 6 nitrogen and oxygen atoms in total. The molecule has 3 atom stereocenters. The lowest BCUT2D eigenvalue weighted by molar-refractivity contribution is -0.0105. The fourth-order valence-electron chi connectivity index (χ4n) is 3.88. The molecule has 0 spiro atoms. The minimum absolute atomic E-state index is 0.0178. The van der Waals surface area contributed by atoms with E-state index in [1.807, 2.05) is 49.9 Å². The van der Waals surface area contributed by atoms with Crippen LogP contribution in [-0.4, -0.2) is 39.8 Å². The molecule has 0 N–H and O–H groups in total. The maximum Gasteiger partial charge on any atom is 0.410 e. The van der Waals surface area contributed by atoms with Gasteiger partial charge >= 0.3 is 12.2 Å². The zero-order valence-electron chi connectivity index (χ0n) is 14.9. The standard InChI is InChI=1S/C19H24N2O4/c1-19(2,3)25-18(22)21-12-8-9-13(21)11-14(10-12)23-17-20-15-6-4-5-7-16(15)24-17/h4-7,12-14H,8-11H2,1-3H3/t12-,13+,14+. The molecular formula is C19H24N2O4. The summed E-state index contributed by atoms with van der Waals surface area (Å²) in [4.78, 5) is 18.8. The second kappa shape index (κ2) is 5.93. The third-order valence-corrected chi connectivity index (χ3v) is 4.84. The molecule has 2 fully saturated rings. The number of fused-ring (bicyclic) bond motifs is 3. The Labute approximate surface area is 147 Å². The zero-order valence-corrected chi connectivity index (χ0v) is 14.9. The van der Waals surface area contributed by atoms with Gasteiger partial charge in [-0.05, 0) is 45.7 Å². The van der Waals surface area contributed by atoms with Crippen LogP contribution in [0.3, 0.4) is 0 Å². The highest BCUT2D eigenvalue weighted by Crippen LogP contribution is 2.38. The fourth-order valence-corrected chi connectivity index (χ4v) is 3.88. The van der Waals surface area contributed by atoms with Gasteiger partial charge in [-0.2, -0.15) is 4.98 Å². The van der Waals surface area contributed by atoms with Gasteiger partial charge in [-0.25, -0.2) is 4.79 Å². The summed E-state index contributed by atoms with van der Waals surface area (Å²) in [6, 6.07) is 7.96. The lowest BCUT2D eigenvalue weighted by Gasteiger charge is -2.38. The molecule has 1 amide bonds. The van der Waals surface area contributed by atoms with E-state index in [1.165, 1.54) is 0 Å². The largest absolute Gasteiger partial charge is 0.447 e. The maximum atomic E-state index is 12.5. The van der Waals surface area contributed by atoms with Crippen molar-refractivity contribution in [2.75, 3.05) is 0 Å². The Balaban J connectivity index is 1.43. The molecule has 2 saturated heterocycles. The minimum atomic E-state index is -0.470. The van der Waals surface area contributed by atoms with Crippen molar-refractivity contribution < 1.29 is 18.7 Å². The molecule has 0 radical (unpaired) electrons. The number of aromatic nitrogens is 1. The lowest BCUT2D eigenvalue weighted by atomic mass is 10.0. The van der Waals surface area contributed by atoms with Gasteiger partial charge in [0.15, 0.2) is 5.58 Å². The van der Waals surface area contributed by atoms with Crippen molar-refractivity contribution in [2.24, 2.45) is 0 Å². The van der Waals surface area contributed by atoms with Crippen molar-refractivity contribution in [1.82, 2.24) is 9.88 Å². The van der Waals surface area contributed by atoms with Crippen molar-refractivity contribution in [1.29, 1.82) is 0 Å². The normalized spacial score (nSPS) is 26.0. The van der Waals surface area contributed by atoms with Crippen LogP contribution < -0.4 is 4.74 Å². The summed E-state index contributed by atoms with van der Waals surface area (Å²) < 4.78 is 17.2. The Bertz CT molecular complexity index is 732. The van der Waals surface area contributed by atoms with Crippen LogP contribution in [0, 0.1) is 0 Å². The summed E-state index contributed by atoms with van der Waals surface area (Å²) in [5.74, 6) is 0. The molecule has 3 heterocycles. The first kappa shape index (κ1) is 16.2. The first-order chi connectivity index (χ1) is 11.9. The highest BCUT2D eigenvalue weighted by atomic mass is 16.6. The van der Waals surface area contributed by atoms with Crippen LogP contribution in [0.15, 0.2) is 28.7 Å². The summed E-state index contributed by atoms with van der Waals surface area (Å²) in [7, 11) is 0. The molecule has 2 bridgehead atoms. The number of benzene rings is 1. The molecule has 0 saturated carbocycles. The highest BCUT2D eigenvalue weighted by Gasteiger charge is 2.45. The minimum Gasteiger partial charge on any atom is -0.447 e. The van der Waals surface area contributed by atoms with Crippen molar-refractivity contribution in [3.05, 3.63) is 24.3 Å². The summed E-state index contributed by atoms with van der Waals surface area (Å²) in [6.07, 6.45) is 3.69. The van der Waals surface area contributed by atoms with Gasteiger partial charge in [-0.15, -0.1) is 0 Å². The van der Waals surface area contributed by atoms with Crippen LogP contribution in [0.5, 0.6) is 6.08 Å². The van der Waals surface area contributed by atoms with E-state index < -0.39 is 5.60 Å². The number of hydrogen-bond donors (Lipinski definition) is 0. The van der Waals surface area contributed by atoms with Gasteiger partial charge in [0.25, 0.3) is 0 Å². The fraction of sp³-hybridized carbons (Fsp3) is 0.579. The van der Waals surface area contributed by atoms with E-state index in [9.17, 15) is 4.79 Å². The average Bonchev–Trinajstić information content (AvgIpc) is 3.04. The molecule has 6 heteroatoms. The molecule has 2 aliphatic rings. The number of rotatable bonds is 2. The molecule has 1 aromatic heterocycles. The third kappa shape index (κ3) is 3.30. The van der Waals surface area contributed by atoms with Crippen LogP contribution in [0.1, 0.15) is 46.5 Å². The Kier molecular flexibility index (Phi) is 3.85. The quantitative estimate of drug-likeness (QED) is 0.819. The molecule has 134 valence electrons. The zero-order chi connectivity index (χ0) is 17.6. The van der Waals surface area contributed by atoms with Crippen molar-refractivity contribution in [3.63, 3.8) is 0 Å². The van der Waals surface area contributed by atoms with E-state index in [0.29, 0.717) is 6.08 Å². The Morgan fingerprint density at radius 2 is 1.88 bits per heavy atom. The van der Waals surface area contributed by atoms with E-state index in [0.717, 1.165) is 36.8 Å². The maximum absolute atomic E-state index is 12.5. The van der Waals surface area contributed by atoms with E-state index in [-0.39, 0.29) is 24.3 Å². The smallest absolute Gasteiger partial charge is 0.410 e. The monoisotopic (exact) mass is 344 g/mol. The van der Waals surface area contributed by atoms with E-state index in [4.69, 9.17) is 13.9 Å². The molecule has 0 aliphatic carbocycles. The summed E-state index contributed by atoms with van der Waals surface area (Å²) in [6.45, 7) is 5.70. The number of para-hydroxylation sites is 2. The van der Waals surface area contributed by atoms with Gasteiger partial charge in [0, 0.05) is 24.9 Å². The number of nitrogens with zero attached hydrogens (tertiary/aromatic N) is 2. The topological polar surface area (TPSA) is 64.8 Å².